The van der Waals surface area contributed by atoms with E-state index in [4.69, 9.17) is 5.73 Å². The number of thiophene rings is 1. The fraction of sp³-hybridized carbons (Fsp3) is 0. The van der Waals surface area contributed by atoms with Crippen LogP contribution in [0.25, 0.3) is 10.8 Å². The Kier molecular flexibility index (Phi) is 2.82. The molecule has 88 valence electrons. The van der Waals surface area contributed by atoms with Crippen LogP contribution in [-0.4, -0.2) is 6.21 Å². The number of aliphatic imine (C=N–C) groups is 1. The molecule has 0 saturated carbocycles. The molecule has 2 nitrogen and oxygen atoms in total. The molecule has 0 atom stereocenters. The molecule has 3 heteroatoms. The van der Waals surface area contributed by atoms with Crippen LogP contribution in [-0.2, 0) is 0 Å². The first-order valence-corrected chi connectivity index (χ1v) is 6.62. The summed E-state index contributed by atoms with van der Waals surface area (Å²) in [6.45, 7) is 0. The SMILES string of the molecule is Nc1cccc2cccc(N=Cc3ccsc3)c12. The molecule has 2 aromatic carbocycles. The largest absolute Gasteiger partial charge is 0.398 e. The molecule has 0 amide bonds. The van der Waals surface area contributed by atoms with Gasteiger partial charge in [0.1, 0.15) is 0 Å². The molecule has 1 aromatic heterocycles. The minimum Gasteiger partial charge on any atom is -0.398 e. The lowest BCUT2D eigenvalue weighted by atomic mass is 10.1. The number of fused-ring (bicyclic) bond motifs is 1. The van der Waals surface area contributed by atoms with E-state index in [1.165, 1.54) is 0 Å². The average Bonchev–Trinajstić information content (AvgIpc) is 2.89. The Morgan fingerprint density at radius 1 is 1.06 bits per heavy atom. The molecule has 0 spiro atoms. The van der Waals surface area contributed by atoms with E-state index in [2.05, 4.69) is 22.5 Å². The van der Waals surface area contributed by atoms with Crippen molar-refractivity contribution in [3.05, 3.63) is 58.8 Å². The summed E-state index contributed by atoms with van der Waals surface area (Å²) in [5.41, 5.74) is 8.83. The summed E-state index contributed by atoms with van der Waals surface area (Å²) in [5, 5.41) is 6.25. The molecule has 0 aliphatic rings. The van der Waals surface area contributed by atoms with E-state index < -0.39 is 0 Å². The highest BCUT2D eigenvalue weighted by Crippen LogP contribution is 2.30. The van der Waals surface area contributed by atoms with Gasteiger partial charge in [-0.2, -0.15) is 11.3 Å². The minimum absolute atomic E-state index is 0.769. The summed E-state index contributed by atoms with van der Waals surface area (Å²) < 4.78 is 0. The van der Waals surface area contributed by atoms with Crippen molar-refractivity contribution in [3.8, 4) is 0 Å². The van der Waals surface area contributed by atoms with Gasteiger partial charge >= 0.3 is 0 Å². The molecule has 0 saturated heterocycles. The molecule has 2 N–H and O–H groups in total. The zero-order chi connectivity index (χ0) is 12.4. The third kappa shape index (κ3) is 2.00. The van der Waals surface area contributed by atoms with E-state index in [1.54, 1.807) is 11.3 Å². The van der Waals surface area contributed by atoms with E-state index in [0.29, 0.717) is 0 Å². The number of nitrogen functional groups attached to an aromatic ring is 1. The van der Waals surface area contributed by atoms with E-state index in [9.17, 15) is 0 Å². The summed E-state index contributed by atoms with van der Waals surface area (Å²) in [7, 11) is 0. The third-order valence-corrected chi connectivity index (χ3v) is 3.51. The Bertz CT molecular complexity index is 694. The van der Waals surface area contributed by atoms with Crippen LogP contribution in [0, 0.1) is 0 Å². The molecule has 0 radical (unpaired) electrons. The van der Waals surface area contributed by atoms with Gasteiger partial charge in [0.25, 0.3) is 0 Å². The predicted molar refractivity (Wildman–Crippen MR) is 79.9 cm³/mol. The van der Waals surface area contributed by atoms with Gasteiger partial charge in [-0.25, -0.2) is 0 Å². The summed E-state index contributed by atoms with van der Waals surface area (Å²) in [4.78, 5) is 4.54. The van der Waals surface area contributed by atoms with Gasteiger partial charge in [-0.1, -0.05) is 24.3 Å². The highest BCUT2D eigenvalue weighted by atomic mass is 32.1. The van der Waals surface area contributed by atoms with E-state index in [1.807, 2.05) is 41.9 Å². The van der Waals surface area contributed by atoms with Gasteiger partial charge in [0.05, 0.1) is 5.69 Å². The normalized spacial score (nSPS) is 11.3. The van der Waals surface area contributed by atoms with E-state index in [0.717, 1.165) is 27.7 Å². The average molecular weight is 252 g/mol. The summed E-state index contributed by atoms with van der Waals surface area (Å²) in [6, 6.07) is 14.0. The third-order valence-electron chi connectivity index (χ3n) is 2.81. The molecule has 0 aliphatic carbocycles. The van der Waals surface area contributed by atoms with Crippen molar-refractivity contribution in [1.29, 1.82) is 0 Å². The van der Waals surface area contributed by atoms with Gasteiger partial charge in [-0.3, -0.25) is 4.99 Å². The molecule has 18 heavy (non-hydrogen) atoms. The number of benzene rings is 2. The maximum absolute atomic E-state index is 6.03. The topological polar surface area (TPSA) is 38.4 Å². The Balaban J connectivity index is 2.12. The molecule has 3 aromatic rings. The van der Waals surface area contributed by atoms with Gasteiger partial charge < -0.3 is 5.73 Å². The first kappa shape index (κ1) is 11.0. The van der Waals surface area contributed by atoms with E-state index >= 15 is 0 Å². The number of hydrogen-bond donors (Lipinski definition) is 1. The fourth-order valence-electron chi connectivity index (χ4n) is 1.95. The second-order valence-corrected chi connectivity index (χ2v) is 4.82. The number of nitrogens with zero attached hydrogens (tertiary/aromatic N) is 1. The van der Waals surface area contributed by atoms with Gasteiger partial charge in [-0.05, 0) is 34.3 Å². The van der Waals surface area contributed by atoms with Crippen molar-refractivity contribution in [1.82, 2.24) is 0 Å². The second kappa shape index (κ2) is 4.63. The Morgan fingerprint density at radius 2 is 1.89 bits per heavy atom. The number of anilines is 1. The van der Waals surface area contributed by atoms with Crippen molar-refractivity contribution < 1.29 is 0 Å². The Hall–Kier alpha value is -2.13. The standard InChI is InChI=1S/C15H12N2S/c16-13-5-1-3-12-4-2-6-14(15(12)13)17-9-11-7-8-18-10-11/h1-10H,16H2. The quantitative estimate of drug-likeness (QED) is 0.538. The summed E-state index contributed by atoms with van der Waals surface area (Å²) in [6.07, 6.45) is 1.87. The summed E-state index contributed by atoms with van der Waals surface area (Å²) in [5.74, 6) is 0. The zero-order valence-electron chi connectivity index (χ0n) is 9.71. The van der Waals surface area contributed by atoms with Crippen molar-refractivity contribution in [3.63, 3.8) is 0 Å². The molecular formula is C15H12N2S. The molecule has 0 bridgehead atoms. The van der Waals surface area contributed by atoms with Gasteiger partial charge in [0.2, 0.25) is 0 Å². The van der Waals surface area contributed by atoms with Crippen LogP contribution in [0.15, 0.2) is 58.2 Å². The van der Waals surface area contributed by atoms with Crippen molar-refractivity contribution in [2.75, 3.05) is 5.73 Å². The predicted octanol–water partition coefficient (Wildman–Crippen LogP) is 4.23. The van der Waals surface area contributed by atoms with Crippen LogP contribution in [0.1, 0.15) is 5.56 Å². The molecule has 0 aliphatic heterocycles. The number of rotatable bonds is 2. The van der Waals surface area contributed by atoms with Crippen molar-refractivity contribution in [2.24, 2.45) is 4.99 Å². The van der Waals surface area contributed by atoms with Crippen LogP contribution in [0.2, 0.25) is 0 Å². The lowest BCUT2D eigenvalue weighted by molar-refractivity contribution is 1.57. The maximum Gasteiger partial charge on any atom is 0.0728 e. The lowest BCUT2D eigenvalue weighted by Crippen LogP contribution is -1.86. The highest BCUT2D eigenvalue weighted by Gasteiger charge is 2.02. The van der Waals surface area contributed by atoms with Gasteiger partial charge in [0, 0.05) is 22.9 Å². The van der Waals surface area contributed by atoms with Crippen molar-refractivity contribution in [2.45, 2.75) is 0 Å². The number of nitrogens with two attached hydrogens (primary N) is 1. The molecule has 1 heterocycles. The minimum atomic E-state index is 0.769. The van der Waals surface area contributed by atoms with Crippen LogP contribution < -0.4 is 5.73 Å². The Labute approximate surface area is 109 Å². The zero-order valence-corrected chi connectivity index (χ0v) is 10.5. The van der Waals surface area contributed by atoms with Crippen LogP contribution in [0.4, 0.5) is 11.4 Å². The molecule has 3 rings (SSSR count). The van der Waals surface area contributed by atoms with Crippen LogP contribution in [0.3, 0.4) is 0 Å². The van der Waals surface area contributed by atoms with E-state index in [-0.39, 0.29) is 0 Å². The fourth-order valence-corrected chi connectivity index (χ4v) is 2.56. The Morgan fingerprint density at radius 3 is 2.67 bits per heavy atom. The monoisotopic (exact) mass is 252 g/mol. The van der Waals surface area contributed by atoms with Gasteiger partial charge in [-0.15, -0.1) is 0 Å². The molecule has 0 unspecified atom stereocenters. The lowest BCUT2D eigenvalue weighted by Gasteiger charge is -2.04. The maximum atomic E-state index is 6.03. The first-order chi connectivity index (χ1) is 8.84. The molecular weight excluding hydrogens is 240 g/mol. The second-order valence-electron chi connectivity index (χ2n) is 4.04. The number of hydrogen-bond acceptors (Lipinski definition) is 3. The first-order valence-electron chi connectivity index (χ1n) is 5.68. The summed E-state index contributed by atoms with van der Waals surface area (Å²) >= 11 is 1.67. The highest BCUT2D eigenvalue weighted by molar-refractivity contribution is 7.08. The molecule has 0 fully saturated rings. The van der Waals surface area contributed by atoms with Crippen LogP contribution >= 0.6 is 11.3 Å². The van der Waals surface area contributed by atoms with Crippen LogP contribution in [0.5, 0.6) is 0 Å². The van der Waals surface area contributed by atoms with Crippen molar-refractivity contribution >= 4 is 39.7 Å². The smallest absolute Gasteiger partial charge is 0.0728 e. The van der Waals surface area contributed by atoms with Gasteiger partial charge in [0.15, 0.2) is 0 Å².